The zero-order valence-electron chi connectivity index (χ0n) is 15.1. The molecule has 8 heteroatoms. The van der Waals surface area contributed by atoms with E-state index in [-0.39, 0.29) is 29.3 Å². The van der Waals surface area contributed by atoms with Gasteiger partial charge in [0.2, 0.25) is 11.8 Å². The van der Waals surface area contributed by atoms with E-state index in [1.807, 2.05) is 30.3 Å². The molecule has 1 heterocycles. The average Bonchev–Trinajstić information content (AvgIpc) is 3.08. The Kier molecular flexibility index (Phi) is 6.33. The second kappa shape index (κ2) is 9.09. The molecule has 3 rings (SSSR count). The smallest absolute Gasteiger partial charge is 0.257 e. The number of hydrogen-bond acceptors (Lipinski definition) is 4. The van der Waals surface area contributed by atoms with Crippen LogP contribution in [0.25, 0.3) is 0 Å². The van der Waals surface area contributed by atoms with Gasteiger partial charge >= 0.3 is 0 Å². The number of likely N-dealkylation sites (tertiary alicyclic amines) is 1. The molecule has 0 saturated carbocycles. The van der Waals surface area contributed by atoms with Crippen LogP contribution < -0.4 is 16.2 Å². The first-order chi connectivity index (χ1) is 13.5. The van der Waals surface area contributed by atoms with Crippen molar-refractivity contribution in [1.82, 2.24) is 21.1 Å². The van der Waals surface area contributed by atoms with Crippen molar-refractivity contribution in [3.8, 4) is 0 Å². The summed E-state index contributed by atoms with van der Waals surface area (Å²) in [6.45, 7) is 0.812. The monoisotopic (exact) mass is 396 g/mol. The summed E-state index contributed by atoms with van der Waals surface area (Å²) in [6.07, 6.45) is 0.142. The van der Waals surface area contributed by atoms with E-state index in [9.17, 15) is 14.4 Å². The molecule has 28 heavy (non-hydrogen) atoms. The van der Waals surface area contributed by atoms with Crippen LogP contribution in [0.5, 0.6) is 0 Å². The first-order valence-corrected chi connectivity index (χ1v) is 9.21. The summed E-state index contributed by atoms with van der Waals surface area (Å²) in [5.74, 6) is -1.27. The van der Waals surface area contributed by atoms with E-state index in [1.54, 1.807) is 35.2 Å². The third-order valence-electron chi connectivity index (χ3n) is 4.36. The van der Waals surface area contributed by atoms with Crippen LogP contribution in [-0.2, 0) is 16.1 Å². The van der Waals surface area contributed by atoms with E-state index in [4.69, 9.17) is 12.2 Å². The van der Waals surface area contributed by atoms with Crippen molar-refractivity contribution < 1.29 is 14.4 Å². The summed E-state index contributed by atoms with van der Waals surface area (Å²) in [5, 5.41) is 2.46. The molecule has 1 unspecified atom stereocenters. The van der Waals surface area contributed by atoms with Gasteiger partial charge in [0.25, 0.3) is 5.91 Å². The highest BCUT2D eigenvalue weighted by molar-refractivity contribution is 7.80. The highest BCUT2D eigenvalue weighted by atomic mass is 32.1. The molecular weight excluding hydrogens is 376 g/mol. The Bertz CT molecular complexity index is 874. The largest absolute Gasteiger partial charge is 0.338 e. The lowest BCUT2D eigenvalue weighted by atomic mass is 10.1. The van der Waals surface area contributed by atoms with Crippen molar-refractivity contribution in [2.75, 3.05) is 6.54 Å². The molecule has 0 spiro atoms. The maximum Gasteiger partial charge on any atom is 0.257 e. The highest BCUT2D eigenvalue weighted by Crippen LogP contribution is 2.20. The van der Waals surface area contributed by atoms with E-state index in [1.165, 1.54) is 0 Å². The van der Waals surface area contributed by atoms with Crippen molar-refractivity contribution >= 4 is 35.1 Å². The molecule has 3 N–H and O–H groups in total. The van der Waals surface area contributed by atoms with E-state index in [0.717, 1.165) is 5.56 Å². The Labute approximate surface area is 168 Å². The normalized spacial score (nSPS) is 15.8. The predicted molar refractivity (Wildman–Crippen MR) is 108 cm³/mol. The van der Waals surface area contributed by atoms with Gasteiger partial charge in [0.1, 0.15) is 0 Å². The van der Waals surface area contributed by atoms with Crippen molar-refractivity contribution in [2.24, 2.45) is 5.92 Å². The molecule has 1 fully saturated rings. The van der Waals surface area contributed by atoms with Gasteiger partial charge in [0.05, 0.1) is 5.92 Å². The topological polar surface area (TPSA) is 90.5 Å². The van der Waals surface area contributed by atoms with Crippen molar-refractivity contribution in [2.45, 2.75) is 13.0 Å². The lowest BCUT2D eigenvalue weighted by Crippen LogP contribution is -2.50. The van der Waals surface area contributed by atoms with E-state index < -0.39 is 5.92 Å². The fourth-order valence-electron chi connectivity index (χ4n) is 2.92. The number of carbonyl (C=O) groups is 3. The lowest BCUT2D eigenvalue weighted by Gasteiger charge is -2.17. The number of rotatable bonds is 4. The minimum absolute atomic E-state index is 0.0207. The summed E-state index contributed by atoms with van der Waals surface area (Å²) < 4.78 is 0. The van der Waals surface area contributed by atoms with E-state index in [2.05, 4.69) is 16.2 Å². The third kappa shape index (κ3) is 5.14. The predicted octanol–water partition coefficient (Wildman–Crippen LogP) is 1.37. The molecule has 1 saturated heterocycles. The van der Waals surface area contributed by atoms with Crippen molar-refractivity contribution in [1.29, 1.82) is 0 Å². The second-order valence-corrected chi connectivity index (χ2v) is 6.83. The lowest BCUT2D eigenvalue weighted by molar-refractivity contribution is -0.129. The first-order valence-electron chi connectivity index (χ1n) is 8.81. The maximum absolute atomic E-state index is 12.3. The molecule has 1 aliphatic rings. The van der Waals surface area contributed by atoms with Gasteiger partial charge in [-0.05, 0) is 29.9 Å². The summed E-state index contributed by atoms with van der Waals surface area (Å²) in [4.78, 5) is 38.2. The van der Waals surface area contributed by atoms with E-state index >= 15 is 0 Å². The summed E-state index contributed by atoms with van der Waals surface area (Å²) >= 11 is 5.02. The molecule has 2 aromatic carbocycles. The van der Waals surface area contributed by atoms with Crippen LogP contribution in [0.15, 0.2) is 60.7 Å². The van der Waals surface area contributed by atoms with Crippen LogP contribution >= 0.6 is 12.2 Å². The molecule has 0 radical (unpaired) electrons. The molecule has 0 aliphatic carbocycles. The zero-order chi connectivity index (χ0) is 19.9. The Balaban J connectivity index is 1.45. The Morgan fingerprint density at radius 2 is 1.64 bits per heavy atom. The third-order valence-corrected chi connectivity index (χ3v) is 4.57. The van der Waals surface area contributed by atoms with Gasteiger partial charge in [-0.2, -0.15) is 0 Å². The fraction of sp³-hybridized carbons (Fsp3) is 0.200. The Hall–Kier alpha value is -3.26. The summed E-state index contributed by atoms with van der Waals surface area (Å²) in [5.41, 5.74) is 6.44. The van der Waals surface area contributed by atoms with Gasteiger partial charge in [0.15, 0.2) is 5.11 Å². The van der Waals surface area contributed by atoms with Crippen molar-refractivity contribution in [3.05, 3.63) is 71.8 Å². The molecule has 144 valence electrons. The Morgan fingerprint density at radius 1 is 1.00 bits per heavy atom. The molecule has 0 aromatic heterocycles. The number of thiocarbonyl (C=S) groups is 1. The Morgan fingerprint density at radius 3 is 2.32 bits per heavy atom. The number of hydrogen-bond donors (Lipinski definition) is 3. The van der Waals surface area contributed by atoms with Crippen LogP contribution in [-0.4, -0.2) is 34.3 Å². The van der Waals surface area contributed by atoms with Gasteiger partial charge < -0.3 is 4.90 Å². The first kappa shape index (κ1) is 19.5. The van der Waals surface area contributed by atoms with Gasteiger partial charge in [0, 0.05) is 25.1 Å². The molecule has 2 aromatic rings. The van der Waals surface area contributed by atoms with Gasteiger partial charge in [-0.3, -0.25) is 30.6 Å². The maximum atomic E-state index is 12.3. The quantitative estimate of drug-likeness (QED) is 0.537. The number of carbonyl (C=O) groups excluding carboxylic acids is 3. The number of nitrogens with one attached hydrogen (secondary N) is 3. The standard InChI is InChI=1S/C20H20N4O3S/c25-17-11-16(13-24(17)12-14-7-3-1-4-8-14)19(27)22-23-20(28)21-18(26)15-9-5-2-6-10-15/h1-10,16H,11-13H2,(H,22,27)(H2,21,23,26,28). The number of benzene rings is 2. The van der Waals surface area contributed by atoms with Gasteiger partial charge in [-0.1, -0.05) is 48.5 Å². The second-order valence-electron chi connectivity index (χ2n) is 6.42. The summed E-state index contributed by atoms with van der Waals surface area (Å²) in [7, 11) is 0. The number of nitrogens with zero attached hydrogens (tertiary/aromatic N) is 1. The number of hydrazine groups is 1. The SMILES string of the molecule is O=C(NC(=S)NNC(=O)C1CC(=O)N(Cc2ccccc2)C1)c1ccccc1. The molecular formula is C20H20N4O3S. The number of amides is 3. The van der Waals surface area contributed by atoms with Crippen LogP contribution in [0.4, 0.5) is 0 Å². The van der Waals surface area contributed by atoms with Gasteiger partial charge in [-0.25, -0.2) is 0 Å². The van der Waals surface area contributed by atoms with Crippen LogP contribution in [0.2, 0.25) is 0 Å². The van der Waals surface area contributed by atoms with Crippen LogP contribution in [0, 0.1) is 5.92 Å². The van der Waals surface area contributed by atoms with Crippen molar-refractivity contribution in [3.63, 3.8) is 0 Å². The molecule has 3 amide bonds. The molecule has 1 atom stereocenters. The van der Waals surface area contributed by atoms with Gasteiger partial charge in [-0.15, -0.1) is 0 Å². The minimum atomic E-state index is -0.476. The molecule has 0 bridgehead atoms. The van der Waals surface area contributed by atoms with E-state index in [0.29, 0.717) is 18.7 Å². The highest BCUT2D eigenvalue weighted by Gasteiger charge is 2.34. The minimum Gasteiger partial charge on any atom is -0.338 e. The van der Waals surface area contributed by atoms with Crippen LogP contribution in [0.3, 0.4) is 0 Å². The zero-order valence-corrected chi connectivity index (χ0v) is 15.9. The molecule has 1 aliphatic heterocycles. The van der Waals surface area contributed by atoms with Crippen LogP contribution in [0.1, 0.15) is 22.3 Å². The average molecular weight is 396 g/mol. The fourth-order valence-corrected chi connectivity index (χ4v) is 3.06. The molecule has 7 nitrogen and oxygen atoms in total. The summed E-state index contributed by atoms with van der Waals surface area (Å²) in [6, 6.07) is 18.2.